The van der Waals surface area contributed by atoms with Crippen molar-refractivity contribution in [2.75, 3.05) is 11.9 Å². The highest BCUT2D eigenvalue weighted by molar-refractivity contribution is 5.31. The van der Waals surface area contributed by atoms with Crippen molar-refractivity contribution < 1.29 is 0 Å². The molecule has 0 saturated heterocycles. The number of hydrogen-bond acceptors (Lipinski definition) is 4. The Morgan fingerprint density at radius 3 is 2.69 bits per heavy atom. The van der Waals surface area contributed by atoms with Gasteiger partial charge in [-0.05, 0) is 5.92 Å². The molecule has 0 bridgehead atoms. The van der Waals surface area contributed by atoms with Crippen molar-refractivity contribution in [2.45, 2.75) is 19.9 Å². The molecule has 0 amide bonds. The van der Waals surface area contributed by atoms with Crippen molar-refractivity contribution in [3.8, 4) is 0 Å². The Morgan fingerprint density at radius 2 is 2.23 bits per heavy atom. The molecule has 0 aliphatic heterocycles. The molecule has 72 valence electrons. The first-order chi connectivity index (χ1) is 6.24. The standard InChI is InChI=1S/C9H16N4/c1-7(2)8(5-10)13-9-6-11-3-4-12-9/h3-4,6-8H,5,10H2,1-2H3,(H,12,13). The average Bonchev–Trinajstić information content (AvgIpc) is 2.15. The molecule has 1 rings (SSSR count). The third-order valence-electron chi connectivity index (χ3n) is 1.96. The fourth-order valence-electron chi connectivity index (χ4n) is 1.06. The largest absolute Gasteiger partial charge is 0.365 e. The van der Waals surface area contributed by atoms with Gasteiger partial charge >= 0.3 is 0 Å². The topological polar surface area (TPSA) is 63.8 Å². The van der Waals surface area contributed by atoms with Gasteiger partial charge in [-0.25, -0.2) is 4.98 Å². The molecule has 1 aromatic rings. The summed E-state index contributed by atoms with van der Waals surface area (Å²) in [4.78, 5) is 8.09. The maximum absolute atomic E-state index is 5.61. The van der Waals surface area contributed by atoms with Gasteiger partial charge in [-0.3, -0.25) is 4.98 Å². The van der Waals surface area contributed by atoms with Crippen molar-refractivity contribution in [2.24, 2.45) is 11.7 Å². The van der Waals surface area contributed by atoms with Gasteiger partial charge in [0.2, 0.25) is 0 Å². The number of rotatable bonds is 4. The van der Waals surface area contributed by atoms with E-state index < -0.39 is 0 Å². The van der Waals surface area contributed by atoms with Crippen LogP contribution in [0.5, 0.6) is 0 Å². The molecule has 0 aromatic carbocycles. The van der Waals surface area contributed by atoms with Crippen LogP contribution in [-0.2, 0) is 0 Å². The molecular weight excluding hydrogens is 164 g/mol. The zero-order valence-corrected chi connectivity index (χ0v) is 8.07. The van der Waals surface area contributed by atoms with Crippen LogP contribution < -0.4 is 11.1 Å². The van der Waals surface area contributed by atoms with E-state index in [0.29, 0.717) is 12.5 Å². The Morgan fingerprint density at radius 1 is 1.46 bits per heavy atom. The Kier molecular flexibility index (Phi) is 3.64. The Hall–Kier alpha value is -1.16. The minimum Gasteiger partial charge on any atom is -0.365 e. The minimum atomic E-state index is 0.261. The highest BCUT2D eigenvalue weighted by atomic mass is 15.0. The lowest BCUT2D eigenvalue weighted by Crippen LogP contribution is -2.34. The SMILES string of the molecule is CC(C)C(CN)Nc1cnccn1. The van der Waals surface area contributed by atoms with Crippen LogP contribution in [0.25, 0.3) is 0 Å². The number of anilines is 1. The highest BCUT2D eigenvalue weighted by Crippen LogP contribution is 2.07. The normalized spacial score (nSPS) is 12.9. The van der Waals surface area contributed by atoms with Gasteiger partial charge in [0.1, 0.15) is 5.82 Å². The fourth-order valence-corrected chi connectivity index (χ4v) is 1.06. The van der Waals surface area contributed by atoms with Crippen molar-refractivity contribution >= 4 is 5.82 Å². The second-order valence-electron chi connectivity index (χ2n) is 3.32. The highest BCUT2D eigenvalue weighted by Gasteiger charge is 2.10. The molecule has 13 heavy (non-hydrogen) atoms. The first kappa shape index (κ1) is 9.92. The molecule has 0 saturated carbocycles. The second kappa shape index (κ2) is 4.77. The molecular formula is C9H16N4. The van der Waals surface area contributed by atoms with Crippen molar-refractivity contribution in [1.82, 2.24) is 9.97 Å². The molecule has 1 atom stereocenters. The smallest absolute Gasteiger partial charge is 0.144 e. The van der Waals surface area contributed by atoms with Crippen LogP contribution in [0.3, 0.4) is 0 Å². The van der Waals surface area contributed by atoms with Crippen LogP contribution in [0.15, 0.2) is 18.6 Å². The lowest BCUT2D eigenvalue weighted by Gasteiger charge is -2.20. The molecule has 4 nitrogen and oxygen atoms in total. The van der Waals surface area contributed by atoms with E-state index in [0.717, 1.165) is 5.82 Å². The summed E-state index contributed by atoms with van der Waals surface area (Å²) in [6.45, 7) is 4.86. The Bertz CT molecular complexity index is 235. The summed E-state index contributed by atoms with van der Waals surface area (Å²) in [5.41, 5.74) is 5.61. The van der Waals surface area contributed by atoms with Gasteiger partial charge in [-0.2, -0.15) is 0 Å². The zero-order chi connectivity index (χ0) is 9.68. The van der Waals surface area contributed by atoms with E-state index in [1.54, 1.807) is 18.6 Å². The number of nitrogens with zero attached hydrogens (tertiary/aromatic N) is 2. The van der Waals surface area contributed by atoms with Gasteiger partial charge in [0, 0.05) is 25.0 Å². The van der Waals surface area contributed by atoms with E-state index in [2.05, 4.69) is 29.1 Å². The van der Waals surface area contributed by atoms with E-state index in [-0.39, 0.29) is 6.04 Å². The third-order valence-corrected chi connectivity index (χ3v) is 1.96. The molecule has 1 heterocycles. The molecule has 0 spiro atoms. The predicted octanol–water partition coefficient (Wildman–Crippen LogP) is 0.872. The molecule has 1 aromatic heterocycles. The molecule has 0 aliphatic rings. The van der Waals surface area contributed by atoms with Crippen LogP contribution in [-0.4, -0.2) is 22.6 Å². The van der Waals surface area contributed by atoms with E-state index in [9.17, 15) is 0 Å². The third kappa shape index (κ3) is 2.99. The monoisotopic (exact) mass is 180 g/mol. The second-order valence-corrected chi connectivity index (χ2v) is 3.32. The van der Waals surface area contributed by atoms with Crippen LogP contribution >= 0.6 is 0 Å². The van der Waals surface area contributed by atoms with Gasteiger partial charge < -0.3 is 11.1 Å². The van der Waals surface area contributed by atoms with Gasteiger partial charge in [-0.1, -0.05) is 13.8 Å². The van der Waals surface area contributed by atoms with Gasteiger partial charge in [0.05, 0.1) is 6.20 Å². The number of nitrogens with two attached hydrogens (primary N) is 1. The van der Waals surface area contributed by atoms with Gasteiger partial charge in [-0.15, -0.1) is 0 Å². The van der Waals surface area contributed by atoms with Crippen molar-refractivity contribution in [1.29, 1.82) is 0 Å². The quantitative estimate of drug-likeness (QED) is 0.721. The van der Waals surface area contributed by atoms with Crippen molar-refractivity contribution in [3.63, 3.8) is 0 Å². The lowest BCUT2D eigenvalue weighted by molar-refractivity contribution is 0.530. The van der Waals surface area contributed by atoms with E-state index in [1.165, 1.54) is 0 Å². The Balaban J connectivity index is 2.57. The summed E-state index contributed by atoms with van der Waals surface area (Å²) in [5.74, 6) is 1.28. The summed E-state index contributed by atoms with van der Waals surface area (Å²) >= 11 is 0. The number of aromatic nitrogens is 2. The molecule has 0 aliphatic carbocycles. The van der Waals surface area contributed by atoms with Crippen LogP contribution in [0.4, 0.5) is 5.82 Å². The summed E-state index contributed by atoms with van der Waals surface area (Å²) in [7, 11) is 0. The zero-order valence-electron chi connectivity index (χ0n) is 8.07. The fraction of sp³-hybridized carbons (Fsp3) is 0.556. The maximum atomic E-state index is 5.61. The van der Waals surface area contributed by atoms with Crippen molar-refractivity contribution in [3.05, 3.63) is 18.6 Å². The van der Waals surface area contributed by atoms with E-state index in [4.69, 9.17) is 5.73 Å². The first-order valence-corrected chi connectivity index (χ1v) is 4.46. The lowest BCUT2D eigenvalue weighted by atomic mass is 10.1. The van der Waals surface area contributed by atoms with Gasteiger partial charge in [0.25, 0.3) is 0 Å². The number of hydrogen-bond donors (Lipinski definition) is 2. The van der Waals surface area contributed by atoms with Crippen LogP contribution in [0.2, 0.25) is 0 Å². The Labute approximate surface area is 78.6 Å². The van der Waals surface area contributed by atoms with Gasteiger partial charge in [0.15, 0.2) is 0 Å². The summed E-state index contributed by atoms with van der Waals surface area (Å²) < 4.78 is 0. The van der Waals surface area contributed by atoms with Crippen LogP contribution in [0.1, 0.15) is 13.8 Å². The maximum Gasteiger partial charge on any atom is 0.144 e. The molecule has 1 unspecified atom stereocenters. The van der Waals surface area contributed by atoms with Crippen LogP contribution in [0, 0.1) is 5.92 Å². The van der Waals surface area contributed by atoms with E-state index >= 15 is 0 Å². The summed E-state index contributed by atoms with van der Waals surface area (Å²) in [6, 6.07) is 0.261. The predicted molar refractivity (Wildman–Crippen MR) is 53.3 cm³/mol. The molecule has 0 radical (unpaired) electrons. The molecule has 4 heteroatoms. The molecule has 3 N–H and O–H groups in total. The average molecular weight is 180 g/mol. The first-order valence-electron chi connectivity index (χ1n) is 4.46. The van der Waals surface area contributed by atoms with E-state index in [1.807, 2.05) is 0 Å². The minimum absolute atomic E-state index is 0.261. The number of nitrogens with one attached hydrogen (secondary N) is 1. The molecule has 0 fully saturated rings. The summed E-state index contributed by atoms with van der Waals surface area (Å²) in [5, 5.41) is 3.23. The summed E-state index contributed by atoms with van der Waals surface area (Å²) in [6.07, 6.45) is 5.01.